The number of halogens is 2. The molecule has 0 atom stereocenters. The molecule has 130 valence electrons. The number of fused-ring (bicyclic) bond motifs is 1. The van der Waals surface area contributed by atoms with Gasteiger partial charge in [0.1, 0.15) is 11.6 Å². The number of aromatic nitrogens is 2. The lowest BCUT2D eigenvalue weighted by Gasteiger charge is -2.06. The number of carbonyl (C=O) groups is 1. The molecule has 0 amide bonds. The fraction of sp³-hybridized carbons (Fsp3) is 0.125. The normalized spacial score (nSPS) is 11.8. The topological polar surface area (TPSA) is 89.3 Å². The van der Waals surface area contributed by atoms with Gasteiger partial charge in [0.2, 0.25) is 0 Å². The molecule has 0 aliphatic carbocycles. The molecule has 0 fully saturated rings. The highest BCUT2D eigenvalue weighted by Gasteiger charge is 2.19. The van der Waals surface area contributed by atoms with E-state index >= 15 is 0 Å². The van der Waals surface area contributed by atoms with Gasteiger partial charge in [-0.15, -0.1) is 0 Å². The molecule has 3 aromatic rings. The summed E-state index contributed by atoms with van der Waals surface area (Å²) in [6, 6.07) is 6.92. The molecular weight excluding hydrogens is 354 g/mol. The Morgan fingerprint density at radius 1 is 1.20 bits per heavy atom. The minimum absolute atomic E-state index is 0.0160. The lowest BCUT2D eigenvalue weighted by atomic mass is 10.2. The zero-order valence-electron chi connectivity index (χ0n) is 12.9. The Balaban J connectivity index is 2.20. The number of hydrogen-bond acceptors (Lipinski definition) is 4. The maximum Gasteiger partial charge on any atom is 0.357 e. The average Bonchev–Trinajstić information content (AvgIpc) is 2.87. The van der Waals surface area contributed by atoms with Crippen molar-refractivity contribution < 1.29 is 27.1 Å². The molecule has 0 aliphatic rings. The summed E-state index contributed by atoms with van der Waals surface area (Å²) in [6.45, 7) is -0.177. The summed E-state index contributed by atoms with van der Waals surface area (Å²) in [4.78, 5) is 11.3. The third-order valence-electron chi connectivity index (χ3n) is 3.69. The number of nitrogens with zero attached hydrogens (tertiary/aromatic N) is 2. The van der Waals surface area contributed by atoms with Crippen molar-refractivity contribution in [1.82, 2.24) is 9.78 Å². The molecule has 0 bridgehead atoms. The van der Waals surface area contributed by atoms with E-state index in [4.69, 9.17) is 0 Å². The second-order valence-corrected chi connectivity index (χ2v) is 7.51. The minimum atomic E-state index is -3.52. The van der Waals surface area contributed by atoms with Gasteiger partial charge in [-0.2, -0.15) is 5.10 Å². The number of hydrogen-bond donors (Lipinski definition) is 1. The van der Waals surface area contributed by atoms with Crippen molar-refractivity contribution in [3.05, 3.63) is 59.3 Å². The summed E-state index contributed by atoms with van der Waals surface area (Å²) in [5, 5.41) is 13.4. The highest BCUT2D eigenvalue weighted by atomic mass is 32.2. The molecule has 0 saturated carbocycles. The van der Waals surface area contributed by atoms with E-state index in [0.29, 0.717) is 6.07 Å². The van der Waals surface area contributed by atoms with Crippen LogP contribution >= 0.6 is 0 Å². The molecule has 1 N–H and O–H groups in total. The smallest absolute Gasteiger partial charge is 0.357 e. The Morgan fingerprint density at radius 3 is 2.52 bits per heavy atom. The van der Waals surface area contributed by atoms with E-state index in [1.165, 1.54) is 28.9 Å². The van der Waals surface area contributed by atoms with E-state index in [1.807, 2.05) is 0 Å². The first-order valence-electron chi connectivity index (χ1n) is 7.04. The fourth-order valence-electron chi connectivity index (χ4n) is 2.47. The van der Waals surface area contributed by atoms with Crippen LogP contribution in [0.25, 0.3) is 10.9 Å². The molecule has 0 aliphatic heterocycles. The summed E-state index contributed by atoms with van der Waals surface area (Å²) in [5.41, 5.74) is 0.0362. The van der Waals surface area contributed by atoms with Gasteiger partial charge in [0, 0.05) is 23.3 Å². The molecule has 2 aromatic carbocycles. The van der Waals surface area contributed by atoms with Gasteiger partial charge in [0.25, 0.3) is 0 Å². The maximum atomic E-state index is 13.9. The third kappa shape index (κ3) is 3.22. The largest absolute Gasteiger partial charge is 0.476 e. The third-order valence-corrected chi connectivity index (χ3v) is 4.80. The van der Waals surface area contributed by atoms with Crippen molar-refractivity contribution in [2.45, 2.75) is 11.4 Å². The molecule has 1 heterocycles. The predicted octanol–water partition coefficient (Wildman–Crippen LogP) is 2.46. The Bertz CT molecular complexity index is 1110. The van der Waals surface area contributed by atoms with Crippen LogP contribution in [-0.4, -0.2) is 35.5 Å². The SMILES string of the molecule is CS(=O)(=O)c1ccc2c(C(=O)O)nn(Cc3ccc(F)cc3F)c2c1. The molecule has 3 rings (SSSR count). The fourth-order valence-corrected chi connectivity index (χ4v) is 3.12. The number of sulfone groups is 1. The molecule has 1 aromatic heterocycles. The molecule has 25 heavy (non-hydrogen) atoms. The first-order chi connectivity index (χ1) is 11.7. The standard InChI is InChI=1S/C16H12F2N2O4S/c1-25(23,24)11-4-5-12-14(7-11)20(19-15(12)16(21)22)8-9-2-3-10(17)6-13(9)18/h2-7H,8H2,1H3,(H,21,22). The van der Waals surface area contributed by atoms with Crippen molar-refractivity contribution in [1.29, 1.82) is 0 Å². The summed E-state index contributed by atoms with van der Waals surface area (Å²) < 4.78 is 51.5. The summed E-state index contributed by atoms with van der Waals surface area (Å²) in [5.74, 6) is -2.84. The van der Waals surface area contributed by atoms with Gasteiger partial charge in [0.15, 0.2) is 15.5 Å². The monoisotopic (exact) mass is 366 g/mol. The summed E-state index contributed by atoms with van der Waals surface area (Å²) >= 11 is 0. The molecule has 9 heteroatoms. The van der Waals surface area contributed by atoms with Crippen LogP contribution in [0.4, 0.5) is 8.78 Å². The highest BCUT2D eigenvalue weighted by molar-refractivity contribution is 7.90. The number of carboxylic acids is 1. The lowest BCUT2D eigenvalue weighted by Crippen LogP contribution is -2.06. The van der Waals surface area contributed by atoms with Crippen LogP contribution in [0, 0.1) is 11.6 Å². The predicted molar refractivity (Wildman–Crippen MR) is 85.3 cm³/mol. The van der Waals surface area contributed by atoms with E-state index in [1.54, 1.807) is 0 Å². The number of benzene rings is 2. The van der Waals surface area contributed by atoms with Crippen molar-refractivity contribution in [2.75, 3.05) is 6.26 Å². The molecule has 0 radical (unpaired) electrons. The van der Waals surface area contributed by atoms with Gasteiger partial charge in [-0.3, -0.25) is 4.68 Å². The number of aromatic carboxylic acids is 1. The minimum Gasteiger partial charge on any atom is -0.476 e. The summed E-state index contributed by atoms with van der Waals surface area (Å²) in [6.07, 6.45) is 1.02. The van der Waals surface area contributed by atoms with Crippen LogP contribution in [0.3, 0.4) is 0 Å². The molecular formula is C16H12F2N2O4S. The van der Waals surface area contributed by atoms with Crippen LogP contribution < -0.4 is 0 Å². The van der Waals surface area contributed by atoms with Crippen LogP contribution in [0.2, 0.25) is 0 Å². The molecule has 6 nitrogen and oxygen atoms in total. The van der Waals surface area contributed by atoms with Crippen molar-refractivity contribution >= 4 is 26.7 Å². The van der Waals surface area contributed by atoms with E-state index in [0.717, 1.165) is 12.3 Å². The van der Waals surface area contributed by atoms with E-state index < -0.39 is 27.4 Å². The van der Waals surface area contributed by atoms with Gasteiger partial charge in [-0.05, 0) is 24.3 Å². The van der Waals surface area contributed by atoms with E-state index in [9.17, 15) is 27.1 Å². The Morgan fingerprint density at radius 2 is 1.92 bits per heavy atom. The van der Waals surface area contributed by atoms with Crippen molar-refractivity contribution in [2.24, 2.45) is 0 Å². The Kier molecular flexibility index (Phi) is 4.03. The van der Waals surface area contributed by atoms with Gasteiger partial charge in [-0.25, -0.2) is 22.0 Å². The molecule has 0 unspecified atom stereocenters. The zero-order chi connectivity index (χ0) is 18.4. The van der Waals surface area contributed by atoms with Crippen molar-refractivity contribution in [3.8, 4) is 0 Å². The Hall–Kier alpha value is -2.81. The van der Waals surface area contributed by atoms with Crippen LogP contribution in [0.15, 0.2) is 41.3 Å². The number of rotatable bonds is 4. The Labute approximate surface area is 141 Å². The van der Waals surface area contributed by atoms with Gasteiger partial charge < -0.3 is 5.11 Å². The van der Waals surface area contributed by atoms with Gasteiger partial charge >= 0.3 is 5.97 Å². The first kappa shape index (κ1) is 17.0. The van der Waals surface area contributed by atoms with Gasteiger partial charge in [-0.1, -0.05) is 6.07 Å². The molecule has 0 spiro atoms. The first-order valence-corrected chi connectivity index (χ1v) is 8.94. The second kappa shape index (κ2) is 5.92. The quantitative estimate of drug-likeness (QED) is 0.766. The zero-order valence-corrected chi connectivity index (χ0v) is 13.7. The van der Waals surface area contributed by atoms with Crippen LogP contribution in [0.1, 0.15) is 16.1 Å². The van der Waals surface area contributed by atoms with E-state index in [2.05, 4.69) is 5.10 Å². The van der Waals surface area contributed by atoms with Gasteiger partial charge in [0.05, 0.1) is 17.0 Å². The highest BCUT2D eigenvalue weighted by Crippen LogP contribution is 2.24. The van der Waals surface area contributed by atoms with Crippen LogP contribution in [0.5, 0.6) is 0 Å². The molecule has 0 saturated heterocycles. The lowest BCUT2D eigenvalue weighted by molar-refractivity contribution is 0.0691. The summed E-state index contributed by atoms with van der Waals surface area (Å²) in [7, 11) is -3.52. The van der Waals surface area contributed by atoms with Crippen molar-refractivity contribution in [3.63, 3.8) is 0 Å². The van der Waals surface area contributed by atoms with Crippen LogP contribution in [-0.2, 0) is 16.4 Å². The number of carboxylic acid groups (broad SMARTS) is 1. The van der Waals surface area contributed by atoms with E-state index in [-0.39, 0.29) is 33.6 Å². The average molecular weight is 366 g/mol. The maximum absolute atomic E-state index is 13.9. The second-order valence-electron chi connectivity index (χ2n) is 5.50.